The Bertz CT molecular complexity index is 842. The van der Waals surface area contributed by atoms with Crippen molar-refractivity contribution in [3.8, 4) is 6.07 Å². The van der Waals surface area contributed by atoms with Crippen molar-refractivity contribution in [1.82, 2.24) is 0 Å². The highest BCUT2D eigenvalue weighted by Crippen LogP contribution is 2.77. The van der Waals surface area contributed by atoms with E-state index in [0.29, 0.717) is 38.9 Å². The van der Waals surface area contributed by atoms with Gasteiger partial charge < -0.3 is 4.74 Å². The molecule has 1 spiro atoms. The molecule has 2 heteroatoms. The van der Waals surface area contributed by atoms with Crippen LogP contribution in [0, 0.1) is 73.9 Å². The lowest BCUT2D eigenvalue weighted by Crippen LogP contribution is -2.66. The lowest BCUT2D eigenvalue weighted by Gasteiger charge is -2.73. The molecule has 6 rings (SSSR count). The molecule has 0 N–H and O–H groups in total. The topological polar surface area (TPSA) is 33.0 Å². The molecule has 6 aliphatic rings. The maximum absolute atomic E-state index is 10.1. The molecule has 6 fully saturated rings. The van der Waals surface area contributed by atoms with E-state index in [2.05, 4.69) is 47.6 Å². The summed E-state index contributed by atoms with van der Waals surface area (Å²) in [6.45, 7) is 16.7. The maximum atomic E-state index is 10.1. The first kappa shape index (κ1) is 21.9. The maximum Gasteiger partial charge on any atom is 0.0754 e. The van der Waals surface area contributed by atoms with Crippen LogP contribution in [0.4, 0.5) is 0 Å². The number of hydrogen-bond acceptors (Lipinski definition) is 2. The molecular weight excluding hydrogens is 390 g/mol. The Morgan fingerprint density at radius 1 is 0.844 bits per heavy atom. The van der Waals surface area contributed by atoms with Gasteiger partial charge in [0.05, 0.1) is 24.7 Å². The zero-order valence-electron chi connectivity index (χ0n) is 21.7. The first-order valence-electron chi connectivity index (χ1n) is 14.0. The molecule has 1 aliphatic heterocycles. The van der Waals surface area contributed by atoms with Crippen molar-refractivity contribution < 1.29 is 4.74 Å². The second-order valence-corrected chi connectivity index (χ2v) is 15.0. The van der Waals surface area contributed by atoms with Gasteiger partial charge in [0, 0.05) is 0 Å². The summed E-state index contributed by atoms with van der Waals surface area (Å²) in [5.41, 5.74) is 2.28. The van der Waals surface area contributed by atoms with E-state index < -0.39 is 0 Å². The summed E-state index contributed by atoms with van der Waals surface area (Å²) in [5, 5.41) is 10.1. The standard InChI is InChI=1S/C30H47NO/c1-19-20(17-31)22-16-30(18-32-22)15-14-28(5)21(25(19)30)8-9-24-27(4)12-7-11-26(2,3)23(27)10-13-29(24,28)6/h19-25H,7-16,18H2,1-6H3/t19-,20+,21-,22-,23+,24-,25-,27-,28-,29+,30+/m1/s1. The first-order valence-corrected chi connectivity index (χ1v) is 14.0. The van der Waals surface area contributed by atoms with Gasteiger partial charge >= 0.3 is 0 Å². The van der Waals surface area contributed by atoms with Crippen LogP contribution in [0.1, 0.15) is 106 Å². The third-order valence-corrected chi connectivity index (χ3v) is 13.8. The molecule has 0 amide bonds. The van der Waals surface area contributed by atoms with Crippen molar-refractivity contribution in [2.75, 3.05) is 6.61 Å². The molecule has 32 heavy (non-hydrogen) atoms. The van der Waals surface area contributed by atoms with Crippen LogP contribution in [0.5, 0.6) is 0 Å². The van der Waals surface area contributed by atoms with Crippen molar-refractivity contribution in [3.05, 3.63) is 0 Å². The molecule has 0 aromatic heterocycles. The Morgan fingerprint density at radius 2 is 1.62 bits per heavy atom. The normalized spacial score (nSPS) is 60.3. The number of nitriles is 1. The zero-order chi connectivity index (χ0) is 22.7. The van der Waals surface area contributed by atoms with Gasteiger partial charge in [0.2, 0.25) is 0 Å². The van der Waals surface area contributed by atoms with E-state index in [-0.39, 0.29) is 12.0 Å². The van der Waals surface area contributed by atoms with Crippen molar-refractivity contribution >= 4 is 0 Å². The van der Waals surface area contributed by atoms with Gasteiger partial charge in [-0.15, -0.1) is 0 Å². The third-order valence-electron chi connectivity index (χ3n) is 13.8. The van der Waals surface area contributed by atoms with Crippen LogP contribution >= 0.6 is 0 Å². The average molecular weight is 438 g/mol. The highest BCUT2D eigenvalue weighted by molar-refractivity contribution is 5.21. The zero-order valence-corrected chi connectivity index (χ0v) is 21.7. The van der Waals surface area contributed by atoms with Gasteiger partial charge in [-0.05, 0) is 114 Å². The summed E-state index contributed by atoms with van der Waals surface area (Å²) < 4.78 is 6.34. The van der Waals surface area contributed by atoms with Gasteiger partial charge in [-0.3, -0.25) is 0 Å². The Hall–Kier alpha value is -0.550. The molecule has 1 saturated heterocycles. The van der Waals surface area contributed by atoms with Crippen LogP contribution in [-0.2, 0) is 4.74 Å². The molecular formula is C30H47NO. The largest absolute Gasteiger partial charge is 0.376 e. The Morgan fingerprint density at radius 3 is 2.38 bits per heavy atom. The van der Waals surface area contributed by atoms with Crippen molar-refractivity contribution in [3.63, 3.8) is 0 Å². The van der Waals surface area contributed by atoms with Gasteiger partial charge in [-0.2, -0.15) is 5.26 Å². The summed E-state index contributed by atoms with van der Waals surface area (Å²) in [5.74, 6) is 3.85. The molecule has 0 aromatic rings. The molecule has 2 bridgehead atoms. The van der Waals surface area contributed by atoms with E-state index in [0.717, 1.165) is 24.4 Å². The molecule has 5 saturated carbocycles. The van der Waals surface area contributed by atoms with E-state index in [1.807, 2.05) is 0 Å². The van der Waals surface area contributed by atoms with Crippen LogP contribution in [0.3, 0.4) is 0 Å². The SMILES string of the molecule is C[C@@H]1[C@H](C#N)[C@H]2C[C@@]3(CC[C@]4(C)[C@H](CC[C@@H]5[C@]6(C)CCCC(C)(C)[C@@H]6CC[C@@]54C)[C@@H]13)CO2. The fourth-order valence-electron chi connectivity index (χ4n) is 12.3. The van der Waals surface area contributed by atoms with Gasteiger partial charge in [0.15, 0.2) is 0 Å². The molecule has 5 aliphatic carbocycles. The summed E-state index contributed by atoms with van der Waals surface area (Å²) in [6.07, 6.45) is 14.1. The number of hydrogen-bond donors (Lipinski definition) is 0. The third kappa shape index (κ3) is 2.41. The molecule has 1 heterocycles. The van der Waals surface area contributed by atoms with E-state index in [1.54, 1.807) is 0 Å². The quantitative estimate of drug-likeness (QED) is 0.390. The minimum absolute atomic E-state index is 0.107. The van der Waals surface area contributed by atoms with Crippen LogP contribution in [0.25, 0.3) is 0 Å². The minimum Gasteiger partial charge on any atom is -0.376 e. The number of nitrogens with zero attached hydrogens (tertiary/aromatic N) is 1. The number of fused-ring (bicyclic) bond motifs is 7. The second kappa shape index (κ2) is 6.56. The molecule has 0 radical (unpaired) electrons. The number of rotatable bonds is 0. The number of ether oxygens (including phenoxy) is 1. The molecule has 178 valence electrons. The predicted octanol–water partition coefficient (Wildman–Crippen LogP) is 7.63. The van der Waals surface area contributed by atoms with E-state index >= 15 is 0 Å². The minimum atomic E-state index is 0.107. The fourth-order valence-corrected chi connectivity index (χ4v) is 12.3. The van der Waals surface area contributed by atoms with Gasteiger partial charge in [0.1, 0.15) is 0 Å². The summed E-state index contributed by atoms with van der Waals surface area (Å²) in [7, 11) is 0. The average Bonchev–Trinajstić information content (AvgIpc) is 3.08. The lowest BCUT2D eigenvalue weighted by molar-refractivity contribution is -0.244. The first-order chi connectivity index (χ1) is 15.0. The smallest absolute Gasteiger partial charge is 0.0754 e. The van der Waals surface area contributed by atoms with Gasteiger partial charge in [-0.1, -0.05) is 48.0 Å². The molecule has 2 nitrogen and oxygen atoms in total. The van der Waals surface area contributed by atoms with Crippen LogP contribution in [0.2, 0.25) is 0 Å². The molecule has 0 aromatic carbocycles. The van der Waals surface area contributed by atoms with E-state index in [9.17, 15) is 5.26 Å². The Balaban J connectivity index is 1.40. The lowest BCUT2D eigenvalue weighted by atomic mass is 9.31. The van der Waals surface area contributed by atoms with Gasteiger partial charge in [-0.25, -0.2) is 0 Å². The van der Waals surface area contributed by atoms with E-state index in [4.69, 9.17) is 4.74 Å². The Labute approximate surface area is 197 Å². The summed E-state index contributed by atoms with van der Waals surface area (Å²) >= 11 is 0. The van der Waals surface area contributed by atoms with E-state index in [1.165, 1.54) is 64.2 Å². The summed E-state index contributed by atoms with van der Waals surface area (Å²) in [4.78, 5) is 0. The van der Waals surface area contributed by atoms with Crippen LogP contribution < -0.4 is 0 Å². The van der Waals surface area contributed by atoms with Crippen LogP contribution in [0.15, 0.2) is 0 Å². The highest BCUT2D eigenvalue weighted by atomic mass is 16.5. The predicted molar refractivity (Wildman–Crippen MR) is 129 cm³/mol. The highest BCUT2D eigenvalue weighted by Gasteiger charge is 2.71. The second-order valence-electron chi connectivity index (χ2n) is 15.0. The van der Waals surface area contributed by atoms with Crippen molar-refractivity contribution in [2.24, 2.45) is 62.6 Å². The summed E-state index contributed by atoms with van der Waals surface area (Å²) in [6, 6.07) is 2.71. The monoisotopic (exact) mass is 437 g/mol. The molecule has 0 unspecified atom stereocenters. The van der Waals surface area contributed by atoms with Gasteiger partial charge in [0.25, 0.3) is 0 Å². The Kier molecular flexibility index (Phi) is 4.50. The van der Waals surface area contributed by atoms with Crippen molar-refractivity contribution in [1.29, 1.82) is 5.26 Å². The molecule has 11 atom stereocenters. The van der Waals surface area contributed by atoms with Crippen molar-refractivity contribution in [2.45, 2.75) is 112 Å². The van der Waals surface area contributed by atoms with Crippen LogP contribution in [-0.4, -0.2) is 12.7 Å². The fraction of sp³-hybridized carbons (Fsp3) is 0.967.